The van der Waals surface area contributed by atoms with E-state index >= 15 is 0 Å². The van der Waals surface area contributed by atoms with Gasteiger partial charge in [0.2, 0.25) is 0 Å². The quantitative estimate of drug-likeness (QED) is 0.570. The number of nitrogens with two attached hydrogens (primary N) is 2. The first kappa shape index (κ1) is 11.5. The van der Waals surface area contributed by atoms with Crippen LogP contribution >= 0.6 is 0 Å². The van der Waals surface area contributed by atoms with Gasteiger partial charge >= 0.3 is 0 Å². The number of carbonyl (C=O) groups is 1. The van der Waals surface area contributed by atoms with Crippen molar-refractivity contribution >= 4 is 17.3 Å². The third-order valence-electron chi connectivity index (χ3n) is 3.03. The van der Waals surface area contributed by atoms with Crippen molar-refractivity contribution in [3.05, 3.63) is 35.4 Å². The lowest BCUT2D eigenvalue weighted by Crippen LogP contribution is -2.35. The van der Waals surface area contributed by atoms with Crippen LogP contribution in [0, 0.1) is 0 Å². The molecule has 4 N–H and O–H groups in total. The van der Waals surface area contributed by atoms with E-state index in [-0.39, 0.29) is 5.91 Å². The fourth-order valence-corrected chi connectivity index (χ4v) is 1.90. The maximum atomic E-state index is 12.2. The number of carbonyl (C=O) groups excluding carboxylic acids is 1. The summed E-state index contributed by atoms with van der Waals surface area (Å²) in [7, 11) is 0. The largest absolute Gasteiger partial charge is 0.399 e. The zero-order valence-electron chi connectivity index (χ0n) is 9.94. The average Bonchev–Trinajstić information content (AvgIpc) is 2.29. The van der Waals surface area contributed by atoms with Crippen LogP contribution in [0.2, 0.25) is 0 Å². The molecule has 2 rings (SSSR count). The van der Waals surface area contributed by atoms with Crippen molar-refractivity contribution < 1.29 is 4.79 Å². The van der Waals surface area contributed by atoms with Crippen LogP contribution in [0.5, 0.6) is 0 Å². The molecule has 0 saturated carbocycles. The van der Waals surface area contributed by atoms with Crippen LogP contribution < -0.4 is 11.5 Å². The number of anilines is 2. The van der Waals surface area contributed by atoms with Gasteiger partial charge in [0.25, 0.3) is 5.91 Å². The second-order valence-corrected chi connectivity index (χ2v) is 4.40. The summed E-state index contributed by atoms with van der Waals surface area (Å²) < 4.78 is 0. The van der Waals surface area contributed by atoms with E-state index in [1.165, 1.54) is 5.57 Å². The molecular weight excluding hydrogens is 214 g/mol. The molecule has 0 atom stereocenters. The van der Waals surface area contributed by atoms with Gasteiger partial charge in [-0.2, -0.15) is 0 Å². The number of nitrogen functional groups attached to an aromatic ring is 2. The van der Waals surface area contributed by atoms with E-state index in [1.54, 1.807) is 23.1 Å². The highest BCUT2D eigenvalue weighted by molar-refractivity contribution is 5.99. The van der Waals surface area contributed by atoms with Gasteiger partial charge in [-0.05, 0) is 31.5 Å². The topological polar surface area (TPSA) is 72.3 Å². The molecule has 1 heterocycles. The molecule has 0 saturated heterocycles. The molecule has 90 valence electrons. The minimum Gasteiger partial charge on any atom is -0.399 e. The van der Waals surface area contributed by atoms with Crippen molar-refractivity contribution in [1.29, 1.82) is 0 Å². The molecule has 1 amide bonds. The summed E-state index contributed by atoms with van der Waals surface area (Å²) in [6.45, 7) is 3.50. The second-order valence-electron chi connectivity index (χ2n) is 4.40. The number of hydrogen-bond acceptors (Lipinski definition) is 3. The lowest BCUT2D eigenvalue weighted by molar-refractivity contribution is 0.0770. The first-order valence-electron chi connectivity index (χ1n) is 5.68. The number of amides is 1. The Hall–Kier alpha value is -1.97. The number of rotatable bonds is 1. The molecule has 0 bridgehead atoms. The Morgan fingerprint density at radius 3 is 2.71 bits per heavy atom. The van der Waals surface area contributed by atoms with Crippen LogP contribution in [-0.2, 0) is 0 Å². The number of benzene rings is 1. The van der Waals surface area contributed by atoms with E-state index in [1.807, 2.05) is 0 Å². The Labute approximate surface area is 101 Å². The molecule has 0 aromatic heterocycles. The molecule has 0 unspecified atom stereocenters. The normalized spacial score (nSPS) is 15.6. The maximum absolute atomic E-state index is 12.2. The summed E-state index contributed by atoms with van der Waals surface area (Å²) in [5.74, 6) is -0.0220. The van der Waals surface area contributed by atoms with Gasteiger partial charge in [-0.15, -0.1) is 0 Å². The van der Waals surface area contributed by atoms with E-state index in [4.69, 9.17) is 11.5 Å². The standard InChI is InChI=1S/C13H17N3O/c1-9-4-6-16(7-5-9)13(17)11-3-2-10(14)8-12(11)15/h2-4,8H,5-7,14-15H2,1H3. The summed E-state index contributed by atoms with van der Waals surface area (Å²) in [4.78, 5) is 14.0. The Morgan fingerprint density at radius 2 is 2.12 bits per heavy atom. The van der Waals surface area contributed by atoms with Gasteiger partial charge < -0.3 is 16.4 Å². The van der Waals surface area contributed by atoms with Crippen LogP contribution in [0.4, 0.5) is 11.4 Å². The molecule has 4 nitrogen and oxygen atoms in total. The van der Waals surface area contributed by atoms with E-state index in [0.717, 1.165) is 13.0 Å². The molecule has 0 spiro atoms. The molecule has 0 aliphatic carbocycles. The molecule has 4 heteroatoms. The molecule has 0 fully saturated rings. The molecule has 0 radical (unpaired) electrons. The van der Waals surface area contributed by atoms with Gasteiger partial charge in [0.15, 0.2) is 0 Å². The Bertz CT molecular complexity index is 480. The van der Waals surface area contributed by atoms with Crippen molar-refractivity contribution in [3.8, 4) is 0 Å². The SMILES string of the molecule is CC1=CCN(C(=O)c2ccc(N)cc2N)CC1. The van der Waals surface area contributed by atoms with Crippen molar-refractivity contribution in [1.82, 2.24) is 4.90 Å². The van der Waals surface area contributed by atoms with Gasteiger partial charge in [0.1, 0.15) is 0 Å². The lowest BCUT2D eigenvalue weighted by Gasteiger charge is -2.26. The zero-order chi connectivity index (χ0) is 12.4. The third-order valence-corrected chi connectivity index (χ3v) is 3.03. The lowest BCUT2D eigenvalue weighted by atomic mass is 10.1. The predicted molar refractivity (Wildman–Crippen MR) is 69.5 cm³/mol. The van der Waals surface area contributed by atoms with Crippen LogP contribution in [0.3, 0.4) is 0 Å². The third kappa shape index (κ3) is 2.41. The highest BCUT2D eigenvalue weighted by Gasteiger charge is 2.19. The molecular formula is C13H17N3O. The van der Waals surface area contributed by atoms with Crippen molar-refractivity contribution in [3.63, 3.8) is 0 Å². The first-order chi connectivity index (χ1) is 8.08. The van der Waals surface area contributed by atoms with E-state index in [2.05, 4.69) is 13.0 Å². The van der Waals surface area contributed by atoms with Gasteiger partial charge in [0.05, 0.1) is 5.56 Å². The average molecular weight is 231 g/mol. The molecule has 17 heavy (non-hydrogen) atoms. The fraction of sp³-hybridized carbons (Fsp3) is 0.308. The number of hydrogen-bond donors (Lipinski definition) is 2. The molecule has 1 aliphatic rings. The van der Waals surface area contributed by atoms with E-state index in [9.17, 15) is 4.79 Å². The first-order valence-corrected chi connectivity index (χ1v) is 5.68. The van der Waals surface area contributed by atoms with Gasteiger partial charge in [-0.25, -0.2) is 0 Å². The predicted octanol–water partition coefficient (Wildman–Crippen LogP) is 1.64. The van der Waals surface area contributed by atoms with Gasteiger partial charge in [-0.3, -0.25) is 4.79 Å². The van der Waals surface area contributed by atoms with Gasteiger partial charge in [-0.1, -0.05) is 11.6 Å². The Balaban J connectivity index is 2.20. The van der Waals surface area contributed by atoms with Crippen LogP contribution in [-0.4, -0.2) is 23.9 Å². The smallest absolute Gasteiger partial charge is 0.256 e. The summed E-state index contributed by atoms with van der Waals surface area (Å²) in [5.41, 5.74) is 14.3. The maximum Gasteiger partial charge on any atom is 0.256 e. The summed E-state index contributed by atoms with van der Waals surface area (Å²) in [6, 6.07) is 5.02. The van der Waals surface area contributed by atoms with Crippen LogP contribution in [0.15, 0.2) is 29.8 Å². The highest BCUT2D eigenvalue weighted by Crippen LogP contribution is 2.19. The minimum absolute atomic E-state index is 0.0220. The number of nitrogens with zero attached hydrogens (tertiary/aromatic N) is 1. The molecule has 1 aliphatic heterocycles. The highest BCUT2D eigenvalue weighted by atomic mass is 16.2. The van der Waals surface area contributed by atoms with Gasteiger partial charge in [0, 0.05) is 24.5 Å². The Kier molecular flexibility index (Phi) is 3.04. The second kappa shape index (κ2) is 4.49. The summed E-state index contributed by atoms with van der Waals surface area (Å²) in [5, 5.41) is 0. The monoisotopic (exact) mass is 231 g/mol. The van der Waals surface area contributed by atoms with Crippen molar-refractivity contribution in [2.45, 2.75) is 13.3 Å². The Morgan fingerprint density at radius 1 is 1.35 bits per heavy atom. The van der Waals surface area contributed by atoms with Crippen LogP contribution in [0.25, 0.3) is 0 Å². The summed E-state index contributed by atoms with van der Waals surface area (Å²) >= 11 is 0. The fourth-order valence-electron chi connectivity index (χ4n) is 1.90. The molecule has 1 aromatic rings. The van der Waals surface area contributed by atoms with E-state index in [0.29, 0.717) is 23.5 Å². The van der Waals surface area contributed by atoms with Crippen LogP contribution in [0.1, 0.15) is 23.7 Å². The van der Waals surface area contributed by atoms with E-state index < -0.39 is 0 Å². The molecule has 1 aromatic carbocycles. The zero-order valence-corrected chi connectivity index (χ0v) is 9.94. The minimum atomic E-state index is -0.0220. The van der Waals surface area contributed by atoms with Crippen molar-refractivity contribution in [2.24, 2.45) is 0 Å². The van der Waals surface area contributed by atoms with Crippen molar-refractivity contribution in [2.75, 3.05) is 24.6 Å². The summed E-state index contributed by atoms with van der Waals surface area (Å²) in [6.07, 6.45) is 3.01.